The number of hydrogen-bond acceptors (Lipinski definition) is 18. The quantitative estimate of drug-likeness (QED) is 0.0233. The predicted octanol–water partition coefficient (Wildman–Crippen LogP) is 6.37. The number of rotatable bonds is 45. The second-order valence-corrected chi connectivity index (χ2v) is 22.1. The molecule has 0 aromatic rings. The van der Waals surface area contributed by atoms with E-state index >= 15 is 0 Å². The van der Waals surface area contributed by atoms with Crippen molar-refractivity contribution < 1.29 is 89.4 Å². The van der Waals surface area contributed by atoms with Gasteiger partial charge in [0, 0.05) is 6.42 Å². The zero-order valence-electron chi connectivity index (χ0n) is 49.9. The van der Waals surface area contributed by atoms with Gasteiger partial charge in [0.25, 0.3) is 0 Å². The number of carbonyl (C=O) groups excluding carboxylic acids is 1. The number of aliphatic hydroxyl groups is 11. The fourth-order valence-electron chi connectivity index (χ4n) is 10.1. The van der Waals surface area contributed by atoms with Crippen molar-refractivity contribution in [3.63, 3.8) is 0 Å². The van der Waals surface area contributed by atoms with Gasteiger partial charge in [-0.05, 0) is 70.6 Å². The largest absolute Gasteiger partial charge is 0.394 e. The van der Waals surface area contributed by atoms with Crippen LogP contribution in [0.1, 0.15) is 181 Å². The molecule has 3 aliphatic heterocycles. The van der Waals surface area contributed by atoms with Gasteiger partial charge in [-0.1, -0.05) is 189 Å². The summed E-state index contributed by atoms with van der Waals surface area (Å²) in [5, 5.41) is 120. The molecule has 1 amide bonds. The number of nitrogens with one attached hydrogen (secondary N) is 1. The number of hydrogen-bond donors (Lipinski definition) is 12. The van der Waals surface area contributed by atoms with E-state index in [1.807, 2.05) is 18.2 Å². The molecule has 0 aromatic heterocycles. The molecule has 0 radical (unpaired) electrons. The zero-order valence-corrected chi connectivity index (χ0v) is 49.9. The SMILES string of the molecule is CC/C=C\C/C=C\C/C=C\C/C=C\CCC(=O)NC(COC1OC(CO)C(OC2OC(CO)C(OC3OC(CO)C(O)C(O)C3O)C(O)C2O)C(O)C1O)C(O)/C=C/CC/C=C/CC/C=C/CCCCCCCCCCCCCCCCC. The zero-order chi connectivity index (χ0) is 60.5. The number of aliphatic hydroxyl groups excluding tert-OH is 11. The number of ether oxygens (including phenoxy) is 6. The first-order valence-electron chi connectivity index (χ1n) is 31.3. The fourth-order valence-corrected chi connectivity index (χ4v) is 10.1. The van der Waals surface area contributed by atoms with Crippen LogP contribution in [-0.2, 0) is 33.2 Å². The van der Waals surface area contributed by atoms with Gasteiger partial charge in [0.1, 0.15) is 73.2 Å². The third-order valence-electron chi connectivity index (χ3n) is 15.2. The molecule has 0 saturated carbocycles. The third kappa shape index (κ3) is 29.5. The van der Waals surface area contributed by atoms with Gasteiger partial charge in [0.05, 0.1) is 38.6 Å². The van der Waals surface area contributed by atoms with E-state index in [4.69, 9.17) is 28.4 Å². The standard InChI is InChI=1S/C64H109NO18/c1-3-5-7-9-11-13-15-17-18-19-20-21-22-23-24-25-26-27-28-30-31-33-35-37-39-41-48(69)47(65-52(70)42-40-38-36-34-32-29-16-14-12-10-8-6-4-2)46-78-62-58(76)55(73)60(50(44-67)80-62)83-64-59(77)56(74)61(51(45-68)81-64)82-63-57(75)54(72)53(71)49(43-66)79-63/h6,8,12,14,26-27,29,31-33,36,38-39,41,47-51,53-64,66-69,71-77H,3-5,7,9-11,13,15-25,28,30,34-35,37,40,42-46H2,1-2H3,(H,65,70)/b8-6-,14-12-,27-26+,32-29-,33-31+,38-36-,41-39+. The van der Waals surface area contributed by atoms with Crippen molar-refractivity contribution in [1.82, 2.24) is 5.32 Å². The van der Waals surface area contributed by atoms with Crippen molar-refractivity contribution >= 4 is 5.91 Å². The van der Waals surface area contributed by atoms with Gasteiger partial charge in [0.15, 0.2) is 18.9 Å². The third-order valence-corrected chi connectivity index (χ3v) is 15.2. The molecule has 12 N–H and O–H groups in total. The highest BCUT2D eigenvalue weighted by Crippen LogP contribution is 2.33. The Balaban J connectivity index is 1.50. The second kappa shape index (κ2) is 46.2. The molecular weight excluding hydrogens is 1070 g/mol. The smallest absolute Gasteiger partial charge is 0.220 e. The van der Waals surface area contributed by atoms with Gasteiger partial charge in [-0.3, -0.25) is 4.79 Å². The molecule has 478 valence electrons. The van der Waals surface area contributed by atoms with Crippen molar-refractivity contribution in [3.05, 3.63) is 85.1 Å². The highest BCUT2D eigenvalue weighted by atomic mass is 16.8. The van der Waals surface area contributed by atoms with Crippen LogP contribution in [0.25, 0.3) is 0 Å². The minimum Gasteiger partial charge on any atom is -0.394 e. The van der Waals surface area contributed by atoms with Crippen LogP contribution in [0.3, 0.4) is 0 Å². The topological polar surface area (TPSA) is 307 Å². The van der Waals surface area contributed by atoms with Gasteiger partial charge in [0.2, 0.25) is 5.91 Å². The molecule has 17 atom stereocenters. The fraction of sp³-hybridized carbons (Fsp3) is 0.766. The van der Waals surface area contributed by atoms with Crippen LogP contribution in [0.5, 0.6) is 0 Å². The highest BCUT2D eigenvalue weighted by molar-refractivity contribution is 5.76. The Hall–Kier alpha value is -3.03. The lowest BCUT2D eigenvalue weighted by Gasteiger charge is -2.48. The lowest BCUT2D eigenvalue weighted by atomic mass is 9.96. The summed E-state index contributed by atoms with van der Waals surface area (Å²) in [6.07, 6.45) is 30.3. The summed E-state index contributed by atoms with van der Waals surface area (Å²) in [6, 6.07) is -1.04. The Labute approximate surface area is 495 Å². The molecule has 3 rings (SSSR count). The molecule has 83 heavy (non-hydrogen) atoms. The minimum atomic E-state index is -1.99. The van der Waals surface area contributed by atoms with Crippen LogP contribution < -0.4 is 5.32 Å². The predicted molar refractivity (Wildman–Crippen MR) is 318 cm³/mol. The maximum Gasteiger partial charge on any atom is 0.220 e. The second-order valence-electron chi connectivity index (χ2n) is 22.1. The highest BCUT2D eigenvalue weighted by Gasteiger charge is 2.53. The summed E-state index contributed by atoms with van der Waals surface area (Å²) in [4.78, 5) is 13.3. The molecule has 3 saturated heterocycles. The molecule has 3 fully saturated rings. The molecule has 17 unspecified atom stereocenters. The van der Waals surface area contributed by atoms with Crippen LogP contribution in [0.2, 0.25) is 0 Å². The maximum absolute atomic E-state index is 13.3. The molecule has 0 bridgehead atoms. The van der Waals surface area contributed by atoms with E-state index in [0.29, 0.717) is 19.3 Å². The molecule has 19 heteroatoms. The van der Waals surface area contributed by atoms with Crippen molar-refractivity contribution in [2.45, 2.75) is 285 Å². The summed E-state index contributed by atoms with van der Waals surface area (Å²) >= 11 is 0. The first kappa shape index (κ1) is 74.2. The molecular formula is C64H109NO18. The molecule has 3 heterocycles. The lowest BCUT2D eigenvalue weighted by molar-refractivity contribution is -0.379. The summed E-state index contributed by atoms with van der Waals surface area (Å²) in [6.45, 7) is 1.51. The van der Waals surface area contributed by atoms with E-state index in [-0.39, 0.29) is 12.3 Å². The van der Waals surface area contributed by atoms with Gasteiger partial charge in [-0.15, -0.1) is 0 Å². The Morgan fingerprint density at radius 3 is 1.34 bits per heavy atom. The average Bonchev–Trinajstić information content (AvgIpc) is 3.33. The number of unbranched alkanes of at least 4 members (excludes halogenated alkanes) is 17. The van der Waals surface area contributed by atoms with E-state index in [1.165, 1.54) is 96.3 Å². The maximum atomic E-state index is 13.3. The Morgan fingerprint density at radius 2 is 0.843 bits per heavy atom. The van der Waals surface area contributed by atoms with Gasteiger partial charge in [-0.25, -0.2) is 0 Å². The Bertz CT molecular complexity index is 1840. The number of carbonyl (C=O) groups is 1. The lowest BCUT2D eigenvalue weighted by Crippen LogP contribution is -2.66. The van der Waals surface area contributed by atoms with E-state index in [0.717, 1.165) is 44.9 Å². The van der Waals surface area contributed by atoms with Crippen molar-refractivity contribution in [3.8, 4) is 0 Å². The van der Waals surface area contributed by atoms with Crippen LogP contribution in [0.4, 0.5) is 0 Å². The van der Waals surface area contributed by atoms with Gasteiger partial charge < -0.3 is 89.9 Å². The molecule has 0 spiro atoms. The van der Waals surface area contributed by atoms with E-state index < -0.39 is 131 Å². The molecule has 0 aliphatic carbocycles. The minimum absolute atomic E-state index is 0.106. The van der Waals surface area contributed by atoms with Crippen LogP contribution >= 0.6 is 0 Å². The molecule has 19 nitrogen and oxygen atoms in total. The average molecular weight is 1180 g/mol. The number of allylic oxidation sites excluding steroid dienone is 13. The van der Waals surface area contributed by atoms with Crippen molar-refractivity contribution in [1.29, 1.82) is 0 Å². The Kier molecular flexibility index (Phi) is 41.3. The monoisotopic (exact) mass is 1180 g/mol. The van der Waals surface area contributed by atoms with E-state index in [9.17, 15) is 61.0 Å². The first-order valence-corrected chi connectivity index (χ1v) is 31.3. The molecule has 0 aromatic carbocycles. The van der Waals surface area contributed by atoms with Crippen molar-refractivity contribution in [2.75, 3.05) is 26.4 Å². The van der Waals surface area contributed by atoms with Gasteiger partial charge >= 0.3 is 0 Å². The van der Waals surface area contributed by atoms with Crippen molar-refractivity contribution in [2.24, 2.45) is 0 Å². The Morgan fingerprint density at radius 1 is 0.446 bits per heavy atom. The number of amides is 1. The summed E-state index contributed by atoms with van der Waals surface area (Å²) in [5.74, 6) is -0.373. The van der Waals surface area contributed by atoms with Crippen LogP contribution in [-0.4, -0.2) is 193 Å². The summed E-state index contributed by atoms with van der Waals surface area (Å²) in [5.41, 5.74) is 0. The van der Waals surface area contributed by atoms with E-state index in [2.05, 4.69) is 79.9 Å². The van der Waals surface area contributed by atoms with Gasteiger partial charge in [-0.2, -0.15) is 0 Å². The first-order chi connectivity index (χ1) is 40.3. The van der Waals surface area contributed by atoms with Crippen LogP contribution in [0.15, 0.2) is 85.1 Å². The molecule has 3 aliphatic rings. The van der Waals surface area contributed by atoms with E-state index in [1.54, 1.807) is 6.08 Å². The summed E-state index contributed by atoms with van der Waals surface area (Å²) in [7, 11) is 0. The summed E-state index contributed by atoms with van der Waals surface area (Å²) < 4.78 is 34.2. The normalized spacial score (nSPS) is 30.0. The van der Waals surface area contributed by atoms with Crippen LogP contribution in [0, 0.1) is 0 Å².